The van der Waals surface area contributed by atoms with Crippen molar-refractivity contribution in [2.75, 3.05) is 18.5 Å². The van der Waals surface area contributed by atoms with Crippen LogP contribution in [0.25, 0.3) is 10.8 Å². The SMILES string of the molecule is C=CCNC(=O)c1ccccc1NC(=O)COc1ccc2cc(Br)ccc2c1. The number of halogens is 1. The summed E-state index contributed by atoms with van der Waals surface area (Å²) in [4.78, 5) is 24.5. The van der Waals surface area contributed by atoms with Gasteiger partial charge in [0, 0.05) is 11.0 Å². The van der Waals surface area contributed by atoms with E-state index in [1.165, 1.54) is 0 Å². The van der Waals surface area contributed by atoms with Crippen molar-refractivity contribution in [3.63, 3.8) is 0 Å². The van der Waals surface area contributed by atoms with E-state index >= 15 is 0 Å². The second-order valence-electron chi connectivity index (χ2n) is 6.03. The molecule has 0 unspecified atom stereocenters. The van der Waals surface area contributed by atoms with E-state index < -0.39 is 0 Å². The summed E-state index contributed by atoms with van der Waals surface area (Å²) in [6.45, 7) is 3.76. The first kappa shape index (κ1) is 19.6. The lowest BCUT2D eigenvalue weighted by Crippen LogP contribution is -2.26. The quantitative estimate of drug-likeness (QED) is 0.532. The largest absolute Gasteiger partial charge is 0.484 e. The normalized spacial score (nSPS) is 10.3. The number of carbonyl (C=O) groups is 2. The van der Waals surface area contributed by atoms with Gasteiger partial charge in [-0.15, -0.1) is 6.58 Å². The molecule has 3 aromatic rings. The minimum absolute atomic E-state index is 0.162. The van der Waals surface area contributed by atoms with Crippen molar-refractivity contribution in [3.05, 3.63) is 83.4 Å². The predicted molar refractivity (Wildman–Crippen MR) is 115 cm³/mol. The number of fused-ring (bicyclic) bond motifs is 1. The van der Waals surface area contributed by atoms with Crippen LogP contribution in [0.1, 0.15) is 10.4 Å². The molecule has 0 saturated carbocycles. The molecule has 0 heterocycles. The summed E-state index contributed by atoms with van der Waals surface area (Å²) in [6, 6.07) is 18.4. The number of hydrogen-bond acceptors (Lipinski definition) is 3. The lowest BCUT2D eigenvalue weighted by molar-refractivity contribution is -0.118. The maximum absolute atomic E-state index is 12.3. The summed E-state index contributed by atoms with van der Waals surface area (Å²) in [6.07, 6.45) is 1.59. The van der Waals surface area contributed by atoms with Crippen LogP contribution >= 0.6 is 15.9 Å². The van der Waals surface area contributed by atoms with E-state index in [0.717, 1.165) is 15.2 Å². The number of rotatable bonds is 7. The Bertz CT molecular complexity index is 1030. The van der Waals surface area contributed by atoms with Gasteiger partial charge in [-0.25, -0.2) is 0 Å². The van der Waals surface area contributed by atoms with Crippen LogP contribution in [0, 0.1) is 0 Å². The van der Waals surface area contributed by atoms with Crippen LogP contribution in [0.3, 0.4) is 0 Å². The first-order chi connectivity index (χ1) is 13.6. The molecule has 0 radical (unpaired) electrons. The van der Waals surface area contributed by atoms with Crippen LogP contribution in [0.2, 0.25) is 0 Å². The zero-order chi connectivity index (χ0) is 19.9. The monoisotopic (exact) mass is 438 g/mol. The Morgan fingerprint density at radius 2 is 1.79 bits per heavy atom. The third-order valence-electron chi connectivity index (χ3n) is 4.00. The van der Waals surface area contributed by atoms with E-state index in [0.29, 0.717) is 23.5 Å². The molecule has 142 valence electrons. The summed E-state index contributed by atoms with van der Waals surface area (Å²) in [5.74, 6) is -0.0285. The fraction of sp³-hybridized carbons (Fsp3) is 0.0909. The lowest BCUT2D eigenvalue weighted by Gasteiger charge is -2.12. The summed E-state index contributed by atoms with van der Waals surface area (Å²) < 4.78 is 6.61. The third-order valence-corrected chi connectivity index (χ3v) is 4.49. The number of benzene rings is 3. The Morgan fingerprint density at radius 1 is 1.04 bits per heavy atom. The highest BCUT2D eigenvalue weighted by Gasteiger charge is 2.13. The van der Waals surface area contributed by atoms with E-state index in [1.807, 2.05) is 36.4 Å². The molecule has 0 bridgehead atoms. The number of carbonyl (C=O) groups excluding carboxylic acids is 2. The minimum atomic E-state index is -0.347. The summed E-state index contributed by atoms with van der Waals surface area (Å²) >= 11 is 3.44. The fourth-order valence-electron chi connectivity index (χ4n) is 2.67. The van der Waals surface area contributed by atoms with Crippen molar-refractivity contribution >= 4 is 44.2 Å². The van der Waals surface area contributed by atoms with Gasteiger partial charge in [0.15, 0.2) is 6.61 Å². The van der Waals surface area contributed by atoms with Crippen molar-refractivity contribution in [2.24, 2.45) is 0 Å². The average molecular weight is 439 g/mol. The van der Waals surface area contributed by atoms with E-state index in [2.05, 4.69) is 33.1 Å². The number of para-hydroxylation sites is 1. The van der Waals surface area contributed by atoms with Gasteiger partial charge in [-0.1, -0.05) is 46.3 Å². The lowest BCUT2D eigenvalue weighted by atomic mass is 10.1. The topological polar surface area (TPSA) is 67.4 Å². The number of ether oxygens (including phenoxy) is 1. The Kier molecular flexibility index (Phi) is 6.45. The van der Waals surface area contributed by atoms with Crippen LogP contribution in [-0.4, -0.2) is 25.0 Å². The molecule has 5 nitrogen and oxygen atoms in total. The van der Waals surface area contributed by atoms with Gasteiger partial charge in [-0.3, -0.25) is 9.59 Å². The average Bonchev–Trinajstić information content (AvgIpc) is 2.70. The highest BCUT2D eigenvalue weighted by atomic mass is 79.9. The zero-order valence-corrected chi connectivity index (χ0v) is 16.7. The van der Waals surface area contributed by atoms with Crippen molar-refractivity contribution in [1.82, 2.24) is 5.32 Å². The molecule has 2 amide bonds. The molecule has 0 saturated heterocycles. The molecule has 0 aromatic heterocycles. The Morgan fingerprint density at radius 3 is 2.61 bits per heavy atom. The number of amides is 2. The molecule has 0 aliphatic rings. The van der Waals surface area contributed by atoms with Crippen molar-refractivity contribution in [2.45, 2.75) is 0 Å². The van der Waals surface area contributed by atoms with Crippen molar-refractivity contribution in [3.8, 4) is 5.75 Å². The number of anilines is 1. The van der Waals surface area contributed by atoms with Gasteiger partial charge in [0.2, 0.25) is 0 Å². The van der Waals surface area contributed by atoms with Crippen LogP contribution < -0.4 is 15.4 Å². The summed E-state index contributed by atoms with van der Waals surface area (Å²) in [7, 11) is 0. The maximum atomic E-state index is 12.3. The molecule has 0 aliphatic carbocycles. The van der Waals surface area contributed by atoms with Gasteiger partial charge >= 0.3 is 0 Å². The molecule has 2 N–H and O–H groups in total. The van der Waals surface area contributed by atoms with E-state index in [4.69, 9.17) is 4.74 Å². The molecular weight excluding hydrogens is 420 g/mol. The molecule has 3 aromatic carbocycles. The number of hydrogen-bond donors (Lipinski definition) is 2. The summed E-state index contributed by atoms with van der Waals surface area (Å²) in [5.41, 5.74) is 0.815. The van der Waals surface area contributed by atoms with Crippen LogP contribution in [0.15, 0.2) is 77.8 Å². The van der Waals surface area contributed by atoms with E-state index in [1.54, 1.807) is 30.3 Å². The maximum Gasteiger partial charge on any atom is 0.262 e. The molecule has 28 heavy (non-hydrogen) atoms. The zero-order valence-electron chi connectivity index (χ0n) is 15.1. The van der Waals surface area contributed by atoms with Gasteiger partial charge in [-0.05, 0) is 47.2 Å². The summed E-state index contributed by atoms with van der Waals surface area (Å²) in [5, 5.41) is 7.52. The molecular formula is C22H19BrN2O3. The standard InChI is InChI=1S/C22H19BrN2O3/c1-2-11-24-22(27)19-5-3-4-6-20(19)25-21(26)14-28-18-10-8-15-12-17(23)9-7-16(15)13-18/h2-10,12-13H,1,11,14H2,(H,24,27)(H,25,26). The van der Waals surface area contributed by atoms with Gasteiger partial charge in [-0.2, -0.15) is 0 Å². The molecule has 6 heteroatoms. The number of nitrogens with one attached hydrogen (secondary N) is 2. The Labute approximate surface area is 171 Å². The smallest absolute Gasteiger partial charge is 0.262 e. The third kappa shape index (κ3) is 4.98. The Balaban J connectivity index is 1.64. The van der Waals surface area contributed by atoms with Gasteiger partial charge in [0.25, 0.3) is 11.8 Å². The van der Waals surface area contributed by atoms with Gasteiger partial charge < -0.3 is 15.4 Å². The molecule has 0 spiro atoms. The second-order valence-corrected chi connectivity index (χ2v) is 6.95. The first-order valence-corrected chi connectivity index (χ1v) is 9.46. The highest BCUT2D eigenvalue weighted by molar-refractivity contribution is 9.10. The fourth-order valence-corrected chi connectivity index (χ4v) is 3.05. The molecule has 3 rings (SSSR count). The molecule has 0 atom stereocenters. The minimum Gasteiger partial charge on any atom is -0.484 e. The van der Waals surface area contributed by atoms with Crippen molar-refractivity contribution < 1.29 is 14.3 Å². The second kappa shape index (κ2) is 9.19. The van der Waals surface area contributed by atoms with E-state index in [-0.39, 0.29) is 18.4 Å². The van der Waals surface area contributed by atoms with E-state index in [9.17, 15) is 9.59 Å². The molecule has 0 fully saturated rings. The van der Waals surface area contributed by atoms with Crippen LogP contribution in [0.4, 0.5) is 5.69 Å². The Hall–Kier alpha value is -3.12. The molecule has 0 aliphatic heterocycles. The predicted octanol–water partition coefficient (Wildman–Crippen LogP) is 4.54. The van der Waals surface area contributed by atoms with Gasteiger partial charge in [0.1, 0.15) is 5.75 Å². The van der Waals surface area contributed by atoms with Crippen molar-refractivity contribution in [1.29, 1.82) is 0 Å². The van der Waals surface area contributed by atoms with Gasteiger partial charge in [0.05, 0.1) is 11.3 Å². The highest BCUT2D eigenvalue weighted by Crippen LogP contribution is 2.24. The first-order valence-electron chi connectivity index (χ1n) is 8.67. The van der Waals surface area contributed by atoms with Crippen LogP contribution in [0.5, 0.6) is 5.75 Å². The van der Waals surface area contributed by atoms with Crippen LogP contribution in [-0.2, 0) is 4.79 Å².